The van der Waals surface area contributed by atoms with Crippen molar-refractivity contribution in [2.45, 2.75) is 53.0 Å². The van der Waals surface area contributed by atoms with Gasteiger partial charge in [0.1, 0.15) is 0 Å². The molecule has 2 heteroatoms. The number of benzene rings is 1. The van der Waals surface area contributed by atoms with Crippen molar-refractivity contribution in [2.24, 2.45) is 4.99 Å². The van der Waals surface area contributed by atoms with Gasteiger partial charge in [0.2, 0.25) is 0 Å². The summed E-state index contributed by atoms with van der Waals surface area (Å²) in [7, 11) is 0. The van der Waals surface area contributed by atoms with Gasteiger partial charge in [-0.15, -0.1) is 0 Å². The fourth-order valence-electron chi connectivity index (χ4n) is 3.05. The maximum atomic E-state index is 4.65. The topological polar surface area (TPSA) is 24.4 Å². The molecule has 2 nitrogen and oxygen atoms in total. The summed E-state index contributed by atoms with van der Waals surface area (Å²) in [6, 6.07) is 8.96. The van der Waals surface area contributed by atoms with E-state index in [0.29, 0.717) is 6.04 Å². The van der Waals surface area contributed by atoms with Gasteiger partial charge in [-0.1, -0.05) is 50.8 Å². The minimum atomic E-state index is 0.316. The number of nitrogens with zero attached hydrogens (tertiary/aromatic N) is 1. The van der Waals surface area contributed by atoms with Crippen molar-refractivity contribution in [3.05, 3.63) is 77.1 Å². The molecule has 132 valence electrons. The zero-order chi connectivity index (χ0) is 18.2. The largest absolute Gasteiger partial charge is 0.379 e. The molecule has 0 radical (unpaired) electrons. The molecule has 1 aliphatic carbocycles. The Labute approximate surface area is 152 Å². The summed E-state index contributed by atoms with van der Waals surface area (Å²) >= 11 is 0. The van der Waals surface area contributed by atoms with Crippen LogP contribution in [-0.2, 0) is 6.42 Å². The average Bonchev–Trinajstić information content (AvgIpc) is 2.62. The molecule has 25 heavy (non-hydrogen) atoms. The van der Waals surface area contributed by atoms with Gasteiger partial charge >= 0.3 is 0 Å². The molecule has 0 amide bonds. The Kier molecular flexibility index (Phi) is 7.00. The van der Waals surface area contributed by atoms with E-state index in [1.54, 1.807) is 0 Å². The molecule has 1 aromatic carbocycles. The van der Waals surface area contributed by atoms with Crippen molar-refractivity contribution in [2.75, 3.05) is 5.32 Å². The van der Waals surface area contributed by atoms with E-state index in [2.05, 4.69) is 80.2 Å². The van der Waals surface area contributed by atoms with E-state index in [0.717, 1.165) is 30.5 Å². The normalized spacial score (nSPS) is 18.1. The quantitative estimate of drug-likeness (QED) is 0.463. The Morgan fingerprint density at radius 1 is 1.36 bits per heavy atom. The summed E-state index contributed by atoms with van der Waals surface area (Å²) in [5, 5.41) is 3.61. The van der Waals surface area contributed by atoms with E-state index in [1.807, 2.05) is 13.1 Å². The third kappa shape index (κ3) is 5.32. The fourth-order valence-corrected chi connectivity index (χ4v) is 3.05. The third-order valence-corrected chi connectivity index (χ3v) is 4.61. The first-order valence-corrected chi connectivity index (χ1v) is 9.20. The number of aryl methyl sites for hydroxylation is 1. The minimum absolute atomic E-state index is 0.316. The first-order chi connectivity index (χ1) is 12.1. The van der Waals surface area contributed by atoms with Gasteiger partial charge in [0, 0.05) is 17.9 Å². The van der Waals surface area contributed by atoms with Gasteiger partial charge in [0.05, 0.1) is 5.70 Å². The number of anilines is 1. The maximum absolute atomic E-state index is 4.65. The molecule has 0 aromatic heterocycles. The Morgan fingerprint density at radius 3 is 2.80 bits per heavy atom. The molecule has 0 saturated carbocycles. The number of allylic oxidation sites excluding steroid dienone is 4. The van der Waals surface area contributed by atoms with Crippen LogP contribution in [0.2, 0.25) is 0 Å². The molecule has 0 heterocycles. The van der Waals surface area contributed by atoms with Crippen molar-refractivity contribution < 1.29 is 0 Å². The van der Waals surface area contributed by atoms with E-state index in [1.165, 1.54) is 22.4 Å². The summed E-state index contributed by atoms with van der Waals surface area (Å²) in [6.07, 6.45) is 11.5. The molecule has 1 N–H and O–H groups in total. The highest BCUT2D eigenvalue weighted by Gasteiger charge is 2.12. The van der Waals surface area contributed by atoms with Gasteiger partial charge in [-0.25, -0.2) is 0 Å². The highest BCUT2D eigenvalue weighted by atomic mass is 14.9. The average molecular weight is 335 g/mol. The SMILES string of the molecule is C=C(C=NC1=CCC(Nc2cccc(CC)c2)C=C1C)/C(=C/C)CC. The van der Waals surface area contributed by atoms with Crippen LogP contribution in [0.5, 0.6) is 0 Å². The molecule has 1 unspecified atom stereocenters. The third-order valence-electron chi connectivity index (χ3n) is 4.61. The first kappa shape index (κ1) is 19.0. The molecule has 1 aromatic rings. The van der Waals surface area contributed by atoms with E-state index >= 15 is 0 Å². The second kappa shape index (κ2) is 9.22. The van der Waals surface area contributed by atoms with Gasteiger partial charge in [-0.05, 0) is 67.5 Å². The molecule has 0 aliphatic heterocycles. The van der Waals surface area contributed by atoms with E-state index < -0.39 is 0 Å². The van der Waals surface area contributed by atoms with E-state index in [9.17, 15) is 0 Å². The van der Waals surface area contributed by atoms with Crippen LogP contribution < -0.4 is 5.32 Å². The molecule has 2 rings (SSSR count). The summed E-state index contributed by atoms with van der Waals surface area (Å²) in [4.78, 5) is 4.65. The monoisotopic (exact) mass is 334 g/mol. The second-order valence-electron chi connectivity index (χ2n) is 6.43. The lowest BCUT2D eigenvalue weighted by molar-refractivity contribution is 0.856. The number of nitrogens with one attached hydrogen (secondary N) is 1. The molecular weight excluding hydrogens is 304 g/mol. The Balaban J connectivity index is 2.01. The van der Waals surface area contributed by atoms with Crippen LogP contribution in [-0.4, -0.2) is 12.3 Å². The summed E-state index contributed by atoms with van der Waals surface area (Å²) < 4.78 is 0. The lowest BCUT2D eigenvalue weighted by Gasteiger charge is -2.21. The Hall–Kier alpha value is -2.35. The molecule has 0 saturated heterocycles. The van der Waals surface area contributed by atoms with Crippen LogP contribution in [0, 0.1) is 0 Å². The fraction of sp³-hybridized carbons (Fsp3) is 0.348. The van der Waals surface area contributed by atoms with Gasteiger partial charge in [0.15, 0.2) is 0 Å². The molecule has 0 fully saturated rings. The number of rotatable bonds is 7. The Morgan fingerprint density at radius 2 is 2.16 bits per heavy atom. The minimum Gasteiger partial charge on any atom is -0.379 e. The number of hydrogen-bond donors (Lipinski definition) is 1. The predicted molar refractivity (Wildman–Crippen MR) is 111 cm³/mol. The summed E-state index contributed by atoms with van der Waals surface area (Å²) in [6.45, 7) is 12.6. The van der Waals surface area contributed by atoms with Crippen LogP contribution in [0.15, 0.2) is 76.5 Å². The highest BCUT2D eigenvalue weighted by molar-refractivity contribution is 5.84. The van der Waals surface area contributed by atoms with Crippen LogP contribution in [0.3, 0.4) is 0 Å². The lowest BCUT2D eigenvalue weighted by Crippen LogP contribution is -2.19. The van der Waals surface area contributed by atoms with Crippen LogP contribution >= 0.6 is 0 Å². The summed E-state index contributed by atoms with van der Waals surface area (Å²) in [5.74, 6) is 0. The van der Waals surface area contributed by atoms with Crippen LogP contribution in [0.1, 0.15) is 46.1 Å². The zero-order valence-corrected chi connectivity index (χ0v) is 16.0. The number of hydrogen-bond acceptors (Lipinski definition) is 2. The van der Waals surface area contributed by atoms with Crippen LogP contribution in [0.4, 0.5) is 5.69 Å². The predicted octanol–water partition coefficient (Wildman–Crippen LogP) is 6.25. The van der Waals surface area contributed by atoms with E-state index in [-0.39, 0.29) is 0 Å². The zero-order valence-electron chi connectivity index (χ0n) is 16.0. The van der Waals surface area contributed by atoms with Gasteiger partial charge in [-0.3, -0.25) is 4.99 Å². The molecule has 0 bridgehead atoms. The smallest absolute Gasteiger partial charge is 0.0617 e. The van der Waals surface area contributed by atoms with Gasteiger partial charge in [-0.2, -0.15) is 0 Å². The van der Waals surface area contributed by atoms with Crippen molar-refractivity contribution in [1.82, 2.24) is 0 Å². The maximum Gasteiger partial charge on any atom is 0.0617 e. The first-order valence-electron chi connectivity index (χ1n) is 9.20. The van der Waals surface area contributed by atoms with E-state index in [4.69, 9.17) is 0 Å². The molecule has 1 aliphatic rings. The summed E-state index contributed by atoms with van der Waals surface area (Å²) in [5.41, 5.74) is 7.04. The molecular formula is C23H30N2. The van der Waals surface area contributed by atoms with Crippen molar-refractivity contribution in [3.63, 3.8) is 0 Å². The second-order valence-corrected chi connectivity index (χ2v) is 6.43. The standard InChI is InChI=1S/C23H30N2/c1-6-19-10-9-11-21(15-19)25-22-12-13-23(17(4)14-22)24-16-18(5)20(7-2)8-3/h7,9-11,13-16,22,25H,5-6,8,12H2,1-4H3/b20-7+,24-16?. The molecule has 0 spiro atoms. The van der Waals surface area contributed by atoms with Gasteiger partial charge in [0.25, 0.3) is 0 Å². The van der Waals surface area contributed by atoms with Gasteiger partial charge < -0.3 is 5.32 Å². The highest BCUT2D eigenvalue weighted by Crippen LogP contribution is 2.23. The van der Waals surface area contributed by atoms with Crippen LogP contribution in [0.25, 0.3) is 0 Å². The number of aliphatic imine (C=N–C) groups is 1. The molecule has 1 atom stereocenters. The van der Waals surface area contributed by atoms with Crippen molar-refractivity contribution in [1.29, 1.82) is 0 Å². The van der Waals surface area contributed by atoms with Crippen molar-refractivity contribution in [3.8, 4) is 0 Å². The lowest BCUT2D eigenvalue weighted by atomic mass is 10.00. The Bertz CT molecular complexity index is 732. The van der Waals surface area contributed by atoms with Crippen molar-refractivity contribution >= 4 is 11.9 Å².